The van der Waals surface area contributed by atoms with Gasteiger partial charge in [-0.2, -0.15) is 13.2 Å². The second kappa shape index (κ2) is 11.4. The third-order valence-corrected chi connectivity index (χ3v) is 6.30. The number of benzene rings is 2. The van der Waals surface area contributed by atoms with Gasteiger partial charge in [0.2, 0.25) is 5.82 Å². The van der Waals surface area contributed by atoms with Gasteiger partial charge in [-0.15, -0.1) is 0 Å². The van der Waals surface area contributed by atoms with E-state index < -0.39 is 18.1 Å². The Morgan fingerprint density at radius 3 is 2.63 bits per heavy atom. The second-order valence-corrected chi connectivity index (χ2v) is 9.28. The van der Waals surface area contributed by atoms with Gasteiger partial charge in [-0.1, -0.05) is 30.7 Å². The Bertz CT molecular complexity index is 1100. The number of imidazole rings is 1. The number of aromatic nitrogens is 2. The number of rotatable bonds is 10. The van der Waals surface area contributed by atoms with E-state index in [1.165, 1.54) is 19.3 Å². The molecule has 1 saturated heterocycles. The number of nitrogens with zero attached hydrogens (tertiary/aromatic N) is 4. The number of piperidine rings is 1. The molecule has 1 fully saturated rings. The fraction of sp³-hybridized carbons (Fsp3) is 0.500. The van der Waals surface area contributed by atoms with E-state index in [0.29, 0.717) is 18.7 Å². The summed E-state index contributed by atoms with van der Waals surface area (Å²) in [6.07, 6.45) is -1.78. The van der Waals surface area contributed by atoms with Gasteiger partial charge in [0.05, 0.1) is 23.7 Å². The van der Waals surface area contributed by atoms with E-state index >= 15 is 0 Å². The molecule has 3 aromatic rings. The highest BCUT2D eigenvalue weighted by Gasteiger charge is 2.38. The highest BCUT2D eigenvalue weighted by atomic mass is 19.4. The third kappa shape index (κ3) is 6.96. The largest absolute Gasteiger partial charge is 0.492 e. The van der Waals surface area contributed by atoms with Crippen LogP contribution in [0.25, 0.3) is 11.0 Å². The van der Waals surface area contributed by atoms with Crippen LogP contribution in [-0.2, 0) is 19.3 Å². The van der Waals surface area contributed by atoms with Crippen LogP contribution in [-0.4, -0.2) is 70.4 Å². The maximum atomic E-state index is 13.5. The minimum absolute atomic E-state index is 0.195. The topological polar surface area (TPSA) is 53.8 Å². The Hall–Kier alpha value is -2.62. The second-order valence-electron chi connectivity index (χ2n) is 9.28. The van der Waals surface area contributed by atoms with Gasteiger partial charge in [-0.3, -0.25) is 9.80 Å². The standard InChI is InChI=1S/C26H33F3N4O2/c1-31(17-20-8-7-9-22(16-20)35-15-14-32-12-5-2-6-13-32)18-21(34)19-33-24-11-4-3-10-23(24)30-25(33)26(27,28)29/h3-4,7-11,16,21,34H,2,5-6,12-15,17-19H2,1H3. The van der Waals surface area contributed by atoms with E-state index in [-0.39, 0.29) is 18.6 Å². The first kappa shape index (κ1) is 25.5. The lowest BCUT2D eigenvalue weighted by Gasteiger charge is -2.26. The molecular weight excluding hydrogens is 457 g/mol. The van der Waals surface area contributed by atoms with Crippen molar-refractivity contribution in [1.29, 1.82) is 0 Å². The molecule has 2 aromatic carbocycles. The summed E-state index contributed by atoms with van der Waals surface area (Å²) in [6.45, 7) is 4.38. The lowest BCUT2D eigenvalue weighted by Crippen LogP contribution is -2.33. The molecule has 1 aliphatic heterocycles. The number of hydrogen-bond donors (Lipinski definition) is 1. The molecule has 35 heavy (non-hydrogen) atoms. The van der Waals surface area contributed by atoms with Crippen LogP contribution in [0.5, 0.6) is 5.75 Å². The molecule has 190 valence electrons. The van der Waals surface area contributed by atoms with Crippen molar-refractivity contribution in [3.8, 4) is 5.75 Å². The maximum absolute atomic E-state index is 13.5. The Morgan fingerprint density at radius 1 is 1.09 bits per heavy atom. The number of halogens is 3. The Balaban J connectivity index is 1.32. The molecule has 6 nitrogen and oxygen atoms in total. The summed E-state index contributed by atoms with van der Waals surface area (Å²) in [6, 6.07) is 14.3. The number of hydrogen-bond acceptors (Lipinski definition) is 5. The molecule has 0 radical (unpaired) electrons. The van der Waals surface area contributed by atoms with Gasteiger partial charge in [0.1, 0.15) is 12.4 Å². The minimum Gasteiger partial charge on any atom is -0.492 e. The zero-order valence-corrected chi connectivity index (χ0v) is 20.0. The summed E-state index contributed by atoms with van der Waals surface area (Å²) in [5, 5.41) is 10.6. The molecule has 1 aromatic heterocycles. The number of alkyl halides is 3. The van der Waals surface area contributed by atoms with Crippen molar-refractivity contribution in [2.75, 3.05) is 39.8 Å². The Kier molecular flexibility index (Phi) is 8.30. The fourth-order valence-electron chi connectivity index (χ4n) is 4.69. The third-order valence-electron chi connectivity index (χ3n) is 6.30. The molecular formula is C26H33F3N4O2. The van der Waals surface area contributed by atoms with E-state index in [4.69, 9.17) is 4.74 Å². The van der Waals surface area contributed by atoms with Crippen molar-refractivity contribution in [1.82, 2.24) is 19.4 Å². The summed E-state index contributed by atoms with van der Waals surface area (Å²) < 4.78 is 47.6. The Morgan fingerprint density at radius 2 is 1.86 bits per heavy atom. The Labute approximate surface area is 203 Å². The van der Waals surface area contributed by atoms with Gasteiger partial charge in [0.15, 0.2) is 0 Å². The molecule has 9 heteroatoms. The average molecular weight is 491 g/mol. The zero-order valence-electron chi connectivity index (χ0n) is 20.0. The van der Waals surface area contributed by atoms with Gasteiger partial charge in [0, 0.05) is 19.6 Å². The summed E-state index contributed by atoms with van der Waals surface area (Å²) in [4.78, 5) is 8.06. The van der Waals surface area contributed by atoms with Crippen molar-refractivity contribution >= 4 is 11.0 Å². The van der Waals surface area contributed by atoms with Crippen molar-refractivity contribution in [3.05, 3.63) is 59.9 Å². The average Bonchev–Trinajstić information content (AvgIpc) is 3.19. The predicted octanol–water partition coefficient (Wildman–Crippen LogP) is 4.41. The lowest BCUT2D eigenvalue weighted by molar-refractivity contribution is -0.147. The number of aliphatic hydroxyl groups is 1. The van der Waals surface area contributed by atoms with Gasteiger partial charge >= 0.3 is 6.18 Å². The van der Waals surface area contributed by atoms with Crippen LogP contribution in [0, 0.1) is 0 Å². The highest BCUT2D eigenvalue weighted by Crippen LogP contribution is 2.31. The normalized spacial score (nSPS) is 16.2. The summed E-state index contributed by atoms with van der Waals surface area (Å²) in [7, 11) is 1.84. The van der Waals surface area contributed by atoms with Crippen LogP contribution in [0.1, 0.15) is 30.7 Å². The highest BCUT2D eigenvalue weighted by molar-refractivity contribution is 5.76. The molecule has 1 atom stereocenters. The monoisotopic (exact) mass is 490 g/mol. The van der Waals surface area contributed by atoms with Crippen molar-refractivity contribution in [2.45, 2.75) is 44.6 Å². The molecule has 1 aliphatic rings. The van der Waals surface area contributed by atoms with E-state index in [1.54, 1.807) is 24.3 Å². The van der Waals surface area contributed by atoms with Crippen LogP contribution in [0.4, 0.5) is 13.2 Å². The number of fused-ring (bicyclic) bond motifs is 1. The molecule has 2 heterocycles. The number of likely N-dealkylation sites (tertiary alicyclic amines) is 1. The number of aliphatic hydroxyl groups excluding tert-OH is 1. The van der Waals surface area contributed by atoms with Crippen molar-refractivity contribution in [2.24, 2.45) is 0 Å². The molecule has 0 aliphatic carbocycles. The van der Waals surface area contributed by atoms with Crippen molar-refractivity contribution < 1.29 is 23.0 Å². The quantitative estimate of drug-likeness (QED) is 0.456. The van der Waals surface area contributed by atoms with Crippen LogP contribution < -0.4 is 4.74 Å². The van der Waals surface area contributed by atoms with Crippen LogP contribution in [0.2, 0.25) is 0 Å². The SMILES string of the molecule is CN(Cc1cccc(OCCN2CCCCC2)c1)CC(O)Cn1c(C(F)(F)F)nc2ccccc21. The van der Waals surface area contributed by atoms with Gasteiger partial charge in [-0.25, -0.2) is 4.98 Å². The molecule has 0 spiro atoms. The van der Waals surface area contributed by atoms with E-state index in [0.717, 1.165) is 35.5 Å². The number of likely N-dealkylation sites (N-methyl/N-ethyl adjacent to an activating group) is 1. The summed E-state index contributed by atoms with van der Waals surface area (Å²) >= 11 is 0. The molecule has 1 unspecified atom stereocenters. The molecule has 0 bridgehead atoms. The van der Waals surface area contributed by atoms with Crippen LogP contribution in [0.15, 0.2) is 48.5 Å². The first-order valence-corrected chi connectivity index (χ1v) is 12.1. The van der Waals surface area contributed by atoms with Gasteiger partial charge < -0.3 is 14.4 Å². The van der Waals surface area contributed by atoms with Crippen LogP contribution in [0.3, 0.4) is 0 Å². The molecule has 0 saturated carbocycles. The van der Waals surface area contributed by atoms with Crippen LogP contribution >= 0.6 is 0 Å². The summed E-state index contributed by atoms with van der Waals surface area (Å²) in [5.41, 5.74) is 1.63. The smallest absolute Gasteiger partial charge is 0.449 e. The van der Waals surface area contributed by atoms with Gasteiger partial charge in [-0.05, 0) is 62.8 Å². The lowest BCUT2D eigenvalue weighted by atomic mass is 10.1. The van der Waals surface area contributed by atoms with E-state index in [2.05, 4.69) is 9.88 Å². The summed E-state index contributed by atoms with van der Waals surface area (Å²) in [5.74, 6) is -0.192. The molecule has 4 rings (SSSR count). The number of ether oxygens (including phenoxy) is 1. The first-order valence-electron chi connectivity index (χ1n) is 12.1. The maximum Gasteiger partial charge on any atom is 0.449 e. The first-order chi connectivity index (χ1) is 16.8. The van der Waals surface area contributed by atoms with Crippen molar-refractivity contribution in [3.63, 3.8) is 0 Å². The minimum atomic E-state index is -4.60. The molecule has 1 N–H and O–H groups in total. The predicted molar refractivity (Wildman–Crippen MR) is 129 cm³/mol. The van der Waals surface area contributed by atoms with E-state index in [1.807, 2.05) is 36.2 Å². The zero-order chi connectivity index (χ0) is 24.8. The molecule has 0 amide bonds. The number of para-hydroxylation sites is 2. The van der Waals surface area contributed by atoms with E-state index in [9.17, 15) is 18.3 Å². The fourth-order valence-corrected chi connectivity index (χ4v) is 4.69. The van der Waals surface area contributed by atoms with Gasteiger partial charge in [0.25, 0.3) is 0 Å².